The summed E-state index contributed by atoms with van der Waals surface area (Å²) in [6, 6.07) is 2.09. The molecule has 0 heterocycles. The molecule has 15 heavy (non-hydrogen) atoms. The maximum atomic E-state index is 6.26. The molecule has 2 rings (SSSR count). The first-order valence-electron chi connectivity index (χ1n) is 5.12. The molecule has 0 bridgehead atoms. The van der Waals surface area contributed by atoms with Gasteiger partial charge >= 0.3 is 0 Å². The average Bonchev–Trinajstić information content (AvgIpc) is 2.83. The molecule has 0 aliphatic heterocycles. The van der Waals surface area contributed by atoms with E-state index in [-0.39, 0.29) is 5.54 Å². The summed E-state index contributed by atoms with van der Waals surface area (Å²) in [5, 5.41) is 0. The number of halogens is 1. The van der Waals surface area contributed by atoms with E-state index in [9.17, 15) is 0 Å². The number of benzene rings is 1. The highest BCUT2D eigenvalue weighted by Crippen LogP contribution is 2.49. The van der Waals surface area contributed by atoms with Gasteiger partial charge < -0.3 is 10.5 Å². The quantitative estimate of drug-likeness (QED) is 0.896. The van der Waals surface area contributed by atoms with E-state index in [1.165, 1.54) is 11.1 Å². The molecule has 0 amide bonds. The van der Waals surface area contributed by atoms with E-state index in [0.29, 0.717) is 0 Å². The van der Waals surface area contributed by atoms with Crippen molar-refractivity contribution in [2.45, 2.75) is 32.2 Å². The molecule has 0 unspecified atom stereocenters. The molecule has 2 N–H and O–H groups in total. The third-order valence-corrected chi connectivity index (χ3v) is 3.77. The Bertz CT molecular complexity index is 411. The van der Waals surface area contributed by atoms with E-state index in [1.54, 1.807) is 7.11 Å². The third kappa shape index (κ3) is 1.68. The predicted molar refractivity (Wildman–Crippen MR) is 65.3 cm³/mol. The Labute approximate surface area is 98.9 Å². The van der Waals surface area contributed by atoms with Crippen LogP contribution < -0.4 is 10.5 Å². The van der Waals surface area contributed by atoms with Crippen molar-refractivity contribution >= 4 is 15.9 Å². The zero-order chi connectivity index (χ0) is 11.2. The van der Waals surface area contributed by atoms with Crippen molar-refractivity contribution in [3.63, 3.8) is 0 Å². The van der Waals surface area contributed by atoms with E-state index in [4.69, 9.17) is 10.5 Å². The molecule has 0 aromatic heterocycles. The van der Waals surface area contributed by atoms with Crippen LogP contribution in [0.25, 0.3) is 0 Å². The Hall–Kier alpha value is -0.540. The number of ether oxygens (including phenoxy) is 1. The Morgan fingerprint density at radius 3 is 2.47 bits per heavy atom. The van der Waals surface area contributed by atoms with Crippen molar-refractivity contribution in [2.75, 3.05) is 7.11 Å². The maximum Gasteiger partial charge on any atom is 0.125 e. The maximum absolute atomic E-state index is 6.26. The highest BCUT2D eigenvalue weighted by molar-refractivity contribution is 9.10. The molecule has 1 fully saturated rings. The lowest BCUT2D eigenvalue weighted by Crippen LogP contribution is -2.21. The lowest BCUT2D eigenvalue weighted by atomic mass is 9.97. The number of nitrogens with two attached hydrogens (primary N) is 1. The fourth-order valence-electron chi connectivity index (χ4n) is 2.23. The summed E-state index contributed by atoms with van der Waals surface area (Å²) in [4.78, 5) is 0. The molecule has 3 heteroatoms. The number of rotatable bonds is 2. The predicted octanol–water partition coefficient (Wildman–Crippen LogP) is 3.02. The summed E-state index contributed by atoms with van der Waals surface area (Å²) in [5.41, 5.74) is 9.67. The van der Waals surface area contributed by atoms with E-state index in [0.717, 1.165) is 28.6 Å². The van der Waals surface area contributed by atoms with Gasteiger partial charge in [-0.1, -0.05) is 15.9 Å². The highest BCUT2D eigenvalue weighted by Gasteiger charge is 2.43. The van der Waals surface area contributed by atoms with Gasteiger partial charge in [-0.2, -0.15) is 0 Å². The van der Waals surface area contributed by atoms with Crippen LogP contribution in [-0.4, -0.2) is 7.11 Å². The standard InChI is InChI=1S/C12H16BrNO/c1-7-6-9(13)10(12(14)4-5-12)8(2)11(7)15-3/h6H,4-5,14H2,1-3H3. The van der Waals surface area contributed by atoms with E-state index in [2.05, 4.69) is 35.8 Å². The van der Waals surface area contributed by atoms with Crippen LogP contribution in [0.2, 0.25) is 0 Å². The van der Waals surface area contributed by atoms with E-state index < -0.39 is 0 Å². The molecular formula is C12H16BrNO. The monoisotopic (exact) mass is 269 g/mol. The Morgan fingerprint density at radius 1 is 1.40 bits per heavy atom. The van der Waals surface area contributed by atoms with Crippen molar-refractivity contribution in [3.8, 4) is 5.75 Å². The number of hydrogen-bond donors (Lipinski definition) is 1. The molecule has 0 spiro atoms. The SMILES string of the molecule is COc1c(C)cc(Br)c(C2(N)CC2)c1C. The van der Waals surface area contributed by atoms with Crippen molar-refractivity contribution in [3.05, 3.63) is 27.2 Å². The van der Waals surface area contributed by atoms with Gasteiger partial charge in [-0.05, 0) is 49.4 Å². The molecule has 2 nitrogen and oxygen atoms in total. The highest BCUT2D eigenvalue weighted by atomic mass is 79.9. The van der Waals surface area contributed by atoms with Crippen molar-refractivity contribution in [1.82, 2.24) is 0 Å². The summed E-state index contributed by atoms with van der Waals surface area (Å²) < 4.78 is 6.53. The van der Waals surface area contributed by atoms with Gasteiger partial charge in [0.25, 0.3) is 0 Å². The van der Waals surface area contributed by atoms with Crippen molar-refractivity contribution < 1.29 is 4.74 Å². The first-order valence-corrected chi connectivity index (χ1v) is 5.92. The van der Waals surface area contributed by atoms with Crippen LogP contribution in [0.15, 0.2) is 10.5 Å². The first kappa shape index (κ1) is 11.0. The van der Waals surface area contributed by atoms with Gasteiger partial charge in [0.05, 0.1) is 7.11 Å². The number of hydrogen-bond acceptors (Lipinski definition) is 2. The van der Waals surface area contributed by atoms with Crippen LogP contribution >= 0.6 is 15.9 Å². The molecule has 82 valence electrons. The summed E-state index contributed by atoms with van der Waals surface area (Å²) in [6.07, 6.45) is 2.14. The summed E-state index contributed by atoms with van der Waals surface area (Å²) in [5.74, 6) is 0.963. The van der Waals surface area contributed by atoms with Crippen molar-refractivity contribution in [2.24, 2.45) is 5.73 Å². The summed E-state index contributed by atoms with van der Waals surface area (Å²) >= 11 is 3.60. The summed E-state index contributed by atoms with van der Waals surface area (Å²) in [7, 11) is 1.71. The van der Waals surface area contributed by atoms with Gasteiger partial charge in [0.1, 0.15) is 5.75 Å². The second kappa shape index (κ2) is 3.49. The van der Waals surface area contributed by atoms with E-state index in [1.807, 2.05) is 0 Å². The minimum absolute atomic E-state index is 0.121. The molecule has 1 aromatic carbocycles. The second-order valence-electron chi connectivity index (χ2n) is 4.36. The third-order valence-electron chi connectivity index (χ3n) is 3.15. The van der Waals surface area contributed by atoms with E-state index >= 15 is 0 Å². The Kier molecular flexibility index (Phi) is 2.55. The minimum Gasteiger partial charge on any atom is -0.496 e. The average molecular weight is 270 g/mol. The fourth-order valence-corrected chi connectivity index (χ4v) is 3.26. The van der Waals surface area contributed by atoms with Gasteiger partial charge in [-0.15, -0.1) is 0 Å². The summed E-state index contributed by atoms with van der Waals surface area (Å²) in [6.45, 7) is 4.13. The van der Waals surface area contributed by atoms with Gasteiger partial charge in [-0.25, -0.2) is 0 Å². The molecular weight excluding hydrogens is 254 g/mol. The zero-order valence-corrected chi connectivity index (χ0v) is 10.9. The molecule has 0 saturated heterocycles. The van der Waals surface area contributed by atoms with Crippen LogP contribution in [-0.2, 0) is 5.54 Å². The first-order chi connectivity index (χ1) is 6.99. The molecule has 1 aromatic rings. The smallest absolute Gasteiger partial charge is 0.125 e. The van der Waals surface area contributed by atoms with Crippen LogP contribution in [0, 0.1) is 13.8 Å². The molecule has 0 atom stereocenters. The largest absolute Gasteiger partial charge is 0.496 e. The van der Waals surface area contributed by atoms with Gasteiger partial charge in [0.2, 0.25) is 0 Å². The Balaban J connectivity index is 2.64. The van der Waals surface area contributed by atoms with Crippen LogP contribution in [0.4, 0.5) is 0 Å². The Morgan fingerprint density at radius 2 is 2.00 bits per heavy atom. The lowest BCUT2D eigenvalue weighted by Gasteiger charge is -2.19. The van der Waals surface area contributed by atoms with Gasteiger partial charge in [0.15, 0.2) is 0 Å². The van der Waals surface area contributed by atoms with Crippen LogP contribution in [0.1, 0.15) is 29.5 Å². The molecule has 1 aliphatic rings. The zero-order valence-electron chi connectivity index (χ0n) is 9.36. The normalized spacial score (nSPS) is 17.7. The van der Waals surface area contributed by atoms with Crippen LogP contribution in [0.5, 0.6) is 5.75 Å². The lowest BCUT2D eigenvalue weighted by molar-refractivity contribution is 0.407. The van der Waals surface area contributed by atoms with Crippen LogP contribution in [0.3, 0.4) is 0 Å². The van der Waals surface area contributed by atoms with Gasteiger partial charge in [0, 0.05) is 10.0 Å². The van der Waals surface area contributed by atoms with Crippen molar-refractivity contribution in [1.29, 1.82) is 0 Å². The molecule has 0 radical (unpaired) electrons. The molecule has 1 aliphatic carbocycles. The fraction of sp³-hybridized carbons (Fsp3) is 0.500. The number of aryl methyl sites for hydroxylation is 1. The molecule has 1 saturated carbocycles. The topological polar surface area (TPSA) is 35.2 Å². The number of methoxy groups -OCH3 is 1. The second-order valence-corrected chi connectivity index (χ2v) is 5.22. The minimum atomic E-state index is -0.121. The van der Waals surface area contributed by atoms with Gasteiger partial charge in [-0.3, -0.25) is 0 Å².